The van der Waals surface area contributed by atoms with Crippen LogP contribution >= 0.6 is 15.9 Å². The number of aryl methyl sites for hydroxylation is 1. The molecule has 0 bridgehead atoms. The Morgan fingerprint density at radius 3 is 2.17 bits per heavy atom. The predicted octanol–water partition coefficient (Wildman–Crippen LogP) is 5.69. The second kappa shape index (κ2) is 15.0. The standard InChI is InChI=1S/C31H38BrN3O5S/c1-5-7-20-33-31(37)24(4)34(21-25-10-12-26(32)13-11-25)30(36)22-35(27-14-16-28(17-15-27)40-6-2)41(38,39)29-18-8-23(3)9-19-29/h8-19,24H,5-7,20-22H2,1-4H3,(H,33,37)/t24-/m1/s1. The molecule has 1 N–H and O–H groups in total. The van der Waals surface area contributed by atoms with Crippen molar-refractivity contribution >= 4 is 43.5 Å². The normalized spacial score (nSPS) is 11.9. The van der Waals surface area contributed by atoms with Crippen LogP contribution in [0.3, 0.4) is 0 Å². The number of hydrogen-bond donors (Lipinski definition) is 1. The first kappa shape index (κ1) is 32.1. The molecule has 3 rings (SSSR count). The van der Waals surface area contributed by atoms with Crippen molar-refractivity contribution in [2.75, 3.05) is 24.0 Å². The number of rotatable bonds is 14. The van der Waals surface area contributed by atoms with Gasteiger partial charge in [0.2, 0.25) is 11.8 Å². The third kappa shape index (κ3) is 8.81. The van der Waals surface area contributed by atoms with Gasteiger partial charge in [0.1, 0.15) is 18.3 Å². The molecule has 0 saturated carbocycles. The monoisotopic (exact) mass is 643 g/mol. The van der Waals surface area contributed by atoms with Gasteiger partial charge >= 0.3 is 0 Å². The van der Waals surface area contributed by atoms with Gasteiger partial charge < -0.3 is 15.0 Å². The number of nitrogens with zero attached hydrogens (tertiary/aromatic N) is 2. The fourth-order valence-corrected chi connectivity index (χ4v) is 5.83. The molecular weight excluding hydrogens is 606 g/mol. The van der Waals surface area contributed by atoms with Crippen LogP contribution in [-0.4, -0.2) is 50.9 Å². The van der Waals surface area contributed by atoms with E-state index in [1.165, 1.54) is 17.0 Å². The fraction of sp³-hybridized carbons (Fsp3) is 0.355. The van der Waals surface area contributed by atoms with E-state index in [1.807, 2.05) is 45.0 Å². The number of ether oxygens (including phenoxy) is 1. The minimum atomic E-state index is -4.13. The Bertz CT molecular complexity index is 1400. The Morgan fingerprint density at radius 2 is 1.59 bits per heavy atom. The van der Waals surface area contributed by atoms with Crippen LogP contribution in [-0.2, 0) is 26.2 Å². The molecule has 1 atom stereocenters. The topological polar surface area (TPSA) is 96.0 Å². The Kier molecular flexibility index (Phi) is 11.8. The average molecular weight is 645 g/mol. The van der Waals surface area contributed by atoms with Gasteiger partial charge in [0, 0.05) is 17.6 Å². The molecule has 0 radical (unpaired) electrons. The maximum absolute atomic E-state index is 14.0. The lowest BCUT2D eigenvalue weighted by Gasteiger charge is -2.32. The van der Waals surface area contributed by atoms with E-state index < -0.39 is 28.5 Å². The number of hydrogen-bond acceptors (Lipinski definition) is 5. The van der Waals surface area contributed by atoms with Gasteiger partial charge in [-0.25, -0.2) is 8.42 Å². The molecule has 0 unspecified atom stereocenters. The maximum atomic E-state index is 14.0. The van der Waals surface area contributed by atoms with E-state index >= 15 is 0 Å². The molecule has 2 amide bonds. The van der Waals surface area contributed by atoms with Crippen LogP contribution in [0.1, 0.15) is 44.7 Å². The largest absolute Gasteiger partial charge is 0.494 e. The van der Waals surface area contributed by atoms with Crippen LogP contribution in [0, 0.1) is 6.92 Å². The van der Waals surface area contributed by atoms with Crippen molar-refractivity contribution in [3.63, 3.8) is 0 Å². The van der Waals surface area contributed by atoms with Gasteiger partial charge in [-0.3, -0.25) is 13.9 Å². The zero-order valence-corrected chi connectivity index (χ0v) is 26.4. The number of halogens is 1. The maximum Gasteiger partial charge on any atom is 0.264 e. The van der Waals surface area contributed by atoms with E-state index in [1.54, 1.807) is 43.3 Å². The first-order valence-corrected chi connectivity index (χ1v) is 15.9. The lowest BCUT2D eigenvalue weighted by atomic mass is 10.1. The van der Waals surface area contributed by atoms with Crippen molar-refractivity contribution in [3.8, 4) is 5.75 Å². The van der Waals surface area contributed by atoms with Crippen LogP contribution < -0.4 is 14.4 Å². The van der Waals surface area contributed by atoms with Crippen LogP contribution in [0.4, 0.5) is 5.69 Å². The Balaban J connectivity index is 2.00. The summed E-state index contributed by atoms with van der Waals surface area (Å²) in [5.41, 5.74) is 2.03. The zero-order chi connectivity index (χ0) is 30.0. The number of nitrogens with one attached hydrogen (secondary N) is 1. The quantitative estimate of drug-likeness (QED) is 0.228. The van der Waals surface area contributed by atoms with E-state index in [-0.39, 0.29) is 17.3 Å². The molecule has 0 saturated heterocycles. The second-order valence-electron chi connectivity index (χ2n) is 9.72. The van der Waals surface area contributed by atoms with Crippen molar-refractivity contribution < 1.29 is 22.7 Å². The highest BCUT2D eigenvalue weighted by molar-refractivity contribution is 9.10. The van der Waals surface area contributed by atoms with E-state index in [2.05, 4.69) is 21.2 Å². The predicted molar refractivity (Wildman–Crippen MR) is 165 cm³/mol. The number of carbonyl (C=O) groups excluding carboxylic acids is 2. The average Bonchev–Trinajstić information content (AvgIpc) is 2.96. The van der Waals surface area contributed by atoms with Gasteiger partial charge in [0.25, 0.3) is 10.0 Å². The molecular formula is C31H38BrN3O5S. The van der Waals surface area contributed by atoms with E-state index in [4.69, 9.17) is 4.74 Å². The summed E-state index contributed by atoms with van der Waals surface area (Å²) in [5, 5.41) is 2.89. The molecule has 3 aromatic carbocycles. The van der Waals surface area contributed by atoms with E-state index in [9.17, 15) is 18.0 Å². The van der Waals surface area contributed by atoms with E-state index in [0.717, 1.165) is 32.7 Å². The van der Waals surface area contributed by atoms with Gasteiger partial charge in [0.05, 0.1) is 17.2 Å². The smallest absolute Gasteiger partial charge is 0.264 e. The van der Waals surface area contributed by atoms with Crippen LogP contribution in [0.5, 0.6) is 5.75 Å². The molecule has 0 fully saturated rings. The number of benzene rings is 3. The highest BCUT2D eigenvalue weighted by Crippen LogP contribution is 2.27. The SMILES string of the molecule is CCCCNC(=O)[C@@H](C)N(Cc1ccc(Br)cc1)C(=O)CN(c1ccc(OCC)cc1)S(=O)(=O)c1ccc(C)cc1. The summed E-state index contributed by atoms with van der Waals surface area (Å²) in [6.07, 6.45) is 1.74. The van der Waals surface area contributed by atoms with Crippen LogP contribution in [0.2, 0.25) is 0 Å². The molecule has 0 spiro atoms. The van der Waals surface area contributed by atoms with Crippen molar-refractivity contribution in [1.82, 2.24) is 10.2 Å². The van der Waals surface area contributed by atoms with Gasteiger partial charge in [-0.15, -0.1) is 0 Å². The lowest BCUT2D eigenvalue weighted by Crippen LogP contribution is -2.51. The summed E-state index contributed by atoms with van der Waals surface area (Å²) in [4.78, 5) is 28.5. The minimum Gasteiger partial charge on any atom is -0.494 e. The summed E-state index contributed by atoms with van der Waals surface area (Å²) in [7, 11) is -4.13. The molecule has 0 aliphatic rings. The summed E-state index contributed by atoms with van der Waals surface area (Å²) < 4.78 is 35.4. The van der Waals surface area contributed by atoms with Crippen molar-refractivity contribution in [2.24, 2.45) is 0 Å². The van der Waals surface area contributed by atoms with Gasteiger partial charge in [-0.05, 0) is 81.3 Å². The summed E-state index contributed by atoms with van der Waals surface area (Å²) in [6, 6.07) is 19.7. The Morgan fingerprint density at radius 1 is 0.951 bits per heavy atom. The number of sulfonamides is 1. The molecule has 10 heteroatoms. The first-order valence-electron chi connectivity index (χ1n) is 13.7. The molecule has 41 heavy (non-hydrogen) atoms. The molecule has 3 aromatic rings. The highest BCUT2D eigenvalue weighted by atomic mass is 79.9. The molecule has 0 aliphatic carbocycles. The van der Waals surface area contributed by atoms with E-state index in [0.29, 0.717) is 24.6 Å². The van der Waals surface area contributed by atoms with Crippen LogP contribution in [0.15, 0.2) is 82.2 Å². The highest BCUT2D eigenvalue weighted by Gasteiger charge is 2.32. The molecule has 0 aromatic heterocycles. The summed E-state index contributed by atoms with van der Waals surface area (Å²) in [6.45, 7) is 8.03. The second-order valence-corrected chi connectivity index (χ2v) is 12.5. The van der Waals surface area contributed by atoms with Gasteiger partial charge in [-0.1, -0.05) is 59.1 Å². The molecule has 0 aliphatic heterocycles. The molecule has 220 valence electrons. The number of amides is 2. The number of anilines is 1. The number of carbonyl (C=O) groups is 2. The third-order valence-electron chi connectivity index (χ3n) is 6.59. The van der Waals surface area contributed by atoms with Crippen molar-refractivity contribution in [2.45, 2.75) is 58.0 Å². The Labute approximate surface area is 251 Å². The lowest BCUT2D eigenvalue weighted by molar-refractivity contribution is -0.139. The zero-order valence-electron chi connectivity index (χ0n) is 24.0. The first-order chi connectivity index (χ1) is 19.6. The summed E-state index contributed by atoms with van der Waals surface area (Å²) in [5.74, 6) is -0.210. The van der Waals surface area contributed by atoms with Gasteiger partial charge in [-0.2, -0.15) is 0 Å². The number of unbranched alkanes of at least 4 members (excludes halogenated alkanes) is 1. The van der Waals surface area contributed by atoms with Crippen molar-refractivity contribution in [3.05, 3.63) is 88.4 Å². The Hall–Kier alpha value is -3.37. The van der Waals surface area contributed by atoms with Crippen molar-refractivity contribution in [1.29, 1.82) is 0 Å². The third-order valence-corrected chi connectivity index (χ3v) is 8.90. The fourth-order valence-electron chi connectivity index (χ4n) is 4.15. The van der Waals surface area contributed by atoms with Gasteiger partial charge in [0.15, 0.2) is 0 Å². The summed E-state index contributed by atoms with van der Waals surface area (Å²) >= 11 is 3.42. The molecule has 8 nitrogen and oxygen atoms in total. The minimum absolute atomic E-state index is 0.0644. The van der Waals surface area contributed by atoms with Crippen LogP contribution in [0.25, 0.3) is 0 Å². The molecule has 0 heterocycles.